The first kappa shape index (κ1) is 16.2. The Morgan fingerprint density at radius 1 is 1.43 bits per heavy atom. The van der Waals surface area contributed by atoms with Crippen LogP contribution >= 0.6 is 0 Å². The highest BCUT2D eigenvalue weighted by molar-refractivity contribution is 5.66. The zero-order chi connectivity index (χ0) is 15.1. The average Bonchev–Trinajstić information content (AvgIpc) is 2.92. The van der Waals surface area contributed by atoms with Gasteiger partial charge >= 0.3 is 0 Å². The van der Waals surface area contributed by atoms with E-state index in [0.29, 0.717) is 0 Å². The molecule has 1 aliphatic rings. The molecule has 0 heterocycles. The third-order valence-corrected chi connectivity index (χ3v) is 4.44. The van der Waals surface area contributed by atoms with E-state index in [9.17, 15) is 4.79 Å². The van der Waals surface area contributed by atoms with Crippen molar-refractivity contribution in [2.24, 2.45) is 0 Å². The van der Waals surface area contributed by atoms with Crippen LogP contribution in [-0.2, 0) is 9.53 Å². The molecule has 1 N–H and O–H groups in total. The minimum absolute atomic E-state index is 0.00714. The number of nitrogens with one attached hydrogen (secondary N) is 1. The summed E-state index contributed by atoms with van der Waals surface area (Å²) in [6.45, 7) is 5.01. The van der Waals surface area contributed by atoms with Gasteiger partial charge in [-0.15, -0.1) is 0 Å². The Bertz CT molecular complexity index is 434. The van der Waals surface area contributed by atoms with Crippen LogP contribution in [0.4, 0.5) is 0 Å². The van der Waals surface area contributed by atoms with Gasteiger partial charge in [0.2, 0.25) is 0 Å². The molecule has 1 aliphatic carbocycles. The number of benzene rings is 1. The molecule has 116 valence electrons. The number of ether oxygens (including phenoxy) is 1. The van der Waals surface area contributed by atoms with Gasteiger partial charge in [-0.2, -0.15) is 0 Å². The molecule has 0 unspecified atom stereocenters. The molecule has 0 saturated heterocycles. The fourth-order valence-corrected chi connectivity index (χ4v) is 3.16. The van der Waals surface area contributed by atoms with Crippen molar-refractivity contribution in [3.63, 3.8) is 0 Å². The monoisotopic (exact) mass is 289 g/mol. The van der Waals surface area contributed by atoms with Crippen LogP contribution in [-0.4, -0.2) is 24.5 Å². The van der Waals surface area contributed by atoms with Gasteiger partial charge in [0.25, 0.3) is 0 Å². The second-order valence-electron chi connectivity index (χ2n) is 6.04. The zero-order valence-electron chi connectivity index (χ0n) is 13.2. The summed E-state index contributed by atoms with van der Waals surface area (Å²) in [6.07, 6.45) is 6.14. The lowest BCUT2D eigenvalue weighted by Crippen LogP contribution is -2.54. The van der Waals surface area contributed by atoms with Crippen molar-refractivity contribution in [2.45, 2.75) is 63.6 Å². The smallest absolute Gasteiger partial charge is 0.142 e. The van der Waals surface area contributed by atoms with Crippen molar-refractivity contribution < 1.29 is 9.53 Å². The number of carbonyl (C=O) groups is 1. The largest absolute Gasteiger partial charge is 0.376 e. The van der Waals surface area contributed by atoms with Crippen molar-refractivity contribution >= 4 is 6.29 Å². The van der Waals surface area contributed by atoms with E-state index in [4.69, 9.17) is 4.74 Å². The van der Waals surface area contributed by atoms with Crippen LogP contribution in [0.15, 0.2) is 30.3 Å². The van der Waals surface area contributed by atoms with Crippen LogP contribution in [0.5, 0.6) is 0 Å². The van der Waals surface area contributed by atoms with Gasteiger partial charge < -0.3 is 9.53 Å². The number of rotatable bonds is 8. The minimum atomic E-state index is -0.525. The molecule has 3 atom stereocenters. The Labute approximate surface area is 128 Å². The zero-order valence-corrected chi connectivity index (χ0v) is 13.2. The van der Waals surface area contributed by atoms with Gasteiger partial charge in [0.15, 0.2) is 0 Å². The molecule has 1 fully saturated rings. The lowest BCUT2D eigenvalue weighted by Gasteiger charge is -2.34. The van der Waals surface area contributed by atoms with Crippen molar-refractivity contribution in [1.82, 2.24) is 5.32 Å². The van der Waals surface area contributed by atoms with Gasteiger partial charge in [-0.1, -0.05) is 43.7 Å². The number of carbonyl (C=O) groups excluding carboxylic acids is 1. The SMILES string of the molecule is CCCCO[C@@H]1CCC[C@]1(C=O)N[C@@H](C)c1ccccc1. The molecule has 1 aromatic carbocycles. The van der Waals surface area contributed by atoms with E-state index in [1.54, 1.807) is 0 Å². The van der Waals surface area contributed by atoms with Gasteiger partial charge in [0.05, 0.1) is 6.10 Å². The van der Waals surface area contributed by atoms with E-state index >= 15 is 0 Å². The Balaban J connectivity index is 2.04. The van der Waals surface area contributed by atoms with Crippen molar-refractivity contribution in [2.75, 3.05) is 6.61 Å². The van der Waals surface area contributed by atoms with E-state index in [0.717, 1.165) is 45.0 Å². The quantitative estimate of drug-likeness (QED) is 0.586. The average molecular weight is 289 g/mol. The van der Waals surface area contributed by atoms with Crippen LogP contribution in [0.25, 0.3) is 0 Å². The van der Waals surface area contributed by atoms with Crippen molar-refractivity contribution in [3.05, 3.63) is 35.9 Å². The van der Waals surface area contributed by atoms with Gasteiger partial charge in [-0.05, 0) is 38.2 Å². The topological polar surface area (TPSA) is 38.3 Å². The molecular formula is C18H27NO2. The van der Waals surface area contributed by atoms with E-state index in [1.807, 2.05) is 18.2 Å². The summed E-state index contributed by atoms with van der Waals surface area (Å²) >= 11 is 0. The van der Waals surface area contributed by atoms with E-state index < -0.39 is 5.54 Å². The van der Waals surface area contributed by atoms with E-state index in [1.165, 1.54) is 5.56 Å². The summed E-state index contributed by atoms with van der Waals surface area (Å²) < 4.78 is 5.99. The highest BCUT2D eigenvalue weighted by Crippen LogP contribution is 2.33. The standard InChI is InChI=1S/C18H27NO2/c1-3-4-13-21-17-11-8-12-18(17,14-20)19-15(2)16-9-6-5-7-10-16/h5-7,9-10,14-15,17,19H,3-4,8,11-13H2,1-2H3/t15-,17+,18+/m0/s1. The maximum absolute atomic E-state index is 11.8. The highest BCUT2D eigenvalue weighted by Gasteiger charge is 2.44. The molecular weight excluding hydrogens is 262 g/mol. The lowest BCUT2D eigenvalue weighted by molar-refractivity contribution is -0.119. The third-order valence-electron chi connectivity index (χ3n) is 4.44. The minimum Gasteiger partial charge on any atom is -0.376 e. The van der Waals surface area contributed by atoms with Crippen LogP contribution in [0, 0.1) is 0 Å². The van der Waals surface area contributed by atoms with Crippen LogP contribution in [0.3, 0.4) is 0 Å². The third kappa shape index (κ3) is 3.92. The summed E-state index contributed by atoms with van der Waals surface area (Å²) in [7, 11) is 0. The predicted molar refractivity (Wildman–Crippen MR) is 85.3 cm³/mol. The van der Waals surface area contributed by atoms with Gasteiger partial charge in [0, 0.05) is 12.6 Å². The fourth-order valence-electron chi connectivity index (χ4n) is 3.16. The Morgan fingerprint density at radius 3 is 2.86 bits per heavy atom. The molecule has 0 radical (unpaired) electrons. The van der Waals surface area contributed by atoms with Crippen molar-refractivity contribution in [3.8, 4) is 0 Å². The Kier molecular flexibility index (Phi) is 5.95. The number of hydrogen-bond acceptors (Lipinski definition) is 3. The Hall–Kier alpha value is -1.19. The van der Waals surface area contributed by atoms with Crippen LogP contribution < -0.4 is 5.32 Å². The van der Waals surface area contributed by atoms with Gasteiger partial charge in [-0.3, -0.25) is 5.32 Å². The number of unbranched alkanes of at least 4 members (excludes halogenated alkanes) is 1. The second kappa shape index (κ2) is 7.71. The molecule has 3 heteroatoms. The molecule has 1 saturated carbocycles. The van der Waals surface area contributed by atoms with Crippen LogP contribution in [0.2, 0.25) is 0 Å². The molecule has 0 aliphatic heterocycles. The summed E-state index contributed by atoms with van der Waals surface area (Å²) in [5, 5.41) is 3.54. The fraction of sp³-hybridized carbons (Fsp3) is 0.611. The maximum atomic E-state index is 11.8. The first-order valence-electron chi connectivity index (χ1n) is 8.12. The number of aldehydes is 1. The summed E-state index contributed by atoms with van der Waals surface area (Å²) in [6, 6.07) is 10.4. The molecule has 0 amide bonds. The molecule has 2 rings (SSSR count). The normalized spacial score (nSPS) is 26.7. The summed E-state index contributed by atoms with van der Waals surface area (Å²) in [4.78, 5) is 11.8. The van der Waals surface area contributed by atoms with E-state index in [2.05, 4.69) is 31.3 Å². The van der Waals surface area contributed by atoms with Crippen molar-refractivity contribution in [1.29, 1.82) is 0 Å². The summed E-state index contributed by atoms with van der Waals surface area (Å²) in [5.74, 6) is 0. The summed E-state index contributed by atoms with van der Waals surface area (Å²) in [5.41, 5.74) is 0.682. The van der Waals surface area contributed by atoms with Gasteiger partial charge in [0.1, 0.15) is 11.8 Å². The van der Waals surface area contributed by atoms with Crippen LogP contribution in [0.1, 0.15) is 57.6 Å². The maximum Gasteiger partial charge on any atom is 0.142 e. The first-order chi connectivity index (χ1) is 10.2. The predicted octanol–water partition coefficient (Wildman–Crippen LogP) is 3.64. The number of hydrogen-bond donors (Lipinski definition) is 1. The second-order valence-corrected chi connectivity index (χ2v) is 6.04. The molecule has 3 nitrogen and oxygen atoms in total. The molecule has 0 bridgehead atoms. The van der Waals surface area contributed by atoms with Gasteiger partial charge in [-0.25, -0.2) is 0 Å². The Morgan fingerprint density at radius 2 is 2.19 bits per heavy atom. The lowest BCUT2D eigenvalue weighted by atomic mass is 9.94. The molecule has 1 aromatic rings. The first-order valence-corrected chi connectivity index (χ1v) is 8.12. The molecule has 0 aromatic heterocycles. The molecule has 21 heavy (non-hydrogen) atoms. The molecule has 0 spiro atoms. The highest BCUT2D eigenvalue weighted by atomic mass is 16.5. The van der Waals surface area contributed by atoms with E-state index in [-0.39, 0.29) is 12.1 Å².